The lowest BCUT2D eigenvalue weighted by Crippen LogP contribution is -2.51. The van der Waals surface area contributed by atoms with Crippen molar-refractivity contribution in [2.24, 2.45) is 0 Å². The number of nitrogens with one attached hydrogen (secondary N) is 3. The Kier molecular flexibility index (Phi) is 2.15. The van der Waals surface area contributed by atoms with Gasteiger partial charge in [-0.05, 0) is 6.07 Å². The average Bonchev–Trinajstić information content (AvgIpc) is 2.73. The van der Waals surface area contributed by atoms with Crippen LogP contribution in [0.1, 0.15) is 11.7 Å². The van der Waals surface area contributed by atoms with E-state index in [1.807, 2.05) is 24.3 Å². The van der Waals surface area contributed by atoms with Gasteiger partial charge in [-0.15, -0.1) is 0 Å². The number of hydrogen-bond acceptors (Lipinski definition) is 4. The summed E-state index contributed by atoms with van der Waals surface area (Å²) in [6, 6.07) is 6.97. The first-order valence-corrected chi connectivity index (χ1v) is 5.26. The molecule has 0 spiro atoms. The van der Waals surface area contributed by atoms with Crippen molar-refractivity contribution in [3.63, 3.8) is 0 Å². The Bertz CT molecular complexity index is 604. The molecule has 17 heavy (non-hydrogen) atoms. The maximum Gasteiger partial charge on any atom is 0.250 e. The van der Waals surface area contributed by atoms with Crippen LogP contribution in [-0.2, 0) is 9.59 Å². The number of nitrogens with zero attached hydrogens (tertiary/aromatic N) is 1. The fourth-order valence-electron chi connectivity index (χ4n) is 1.97. The maximum atomic E-state index is 11.7. The number of aromatic amines is 1. The van der Waals surface area contributed by atoms with Gasteiger partial charge in [0.15, 0.2) is 0 Å². The molecular weight excluding hydrogens is 220 g/mol. The normalized spacial score (nSPS) is 20.6. The Morgan fingerprint density at radius 2 is 2.06 bits per heavy atom. The zero-order chi connectivity index (χ0) is 11.8. The molecule has 0 bridgehead atoms. The monoisotopic (exact) mass is 230 g/mol. The third-order valence-corrected chi connectivity index (χ3v) is 2.76. The van der Waals surface area contributed by atoms with Crippen LogP contribution in [0.25, 0.3) is 10.9 Å². The Morgan fingerprint density at radius 3 is 2.88 bits per heavy atom. The molecular formula is C11H10N4O2. The molecule has 6 nitrogen and oxygen atoms in total. The van der Waals surface area contributed by atoms with E-state index in [2.05, 4.69) is 20.8 Å². The second-order valence-electron chi connectivity index (χ2n) is 3.88. The fraction of sp³-hybridized carbons (Fsp3) is 0.182. The molecule has 1 aliphatic heterocycles. The van der Waals surface area contributed by atoms with Crippen LogP contribution >= 0.6 is 0 Å². The van der Waals surface area contributed by atoms with Gasteiger partial charge >= 0.3 is 0 Å². The van der Waals surface area contributed by atoms with Gasteiger partial charge in [-0.1, -0.05) is 18.2 Å². The number of imide groups is 1. The highest BCUT2D eigenvalue weighted by Crippen LogP contribution is 2.22. The number of piperazine rings is 1. The van der Waals surface area contributed by atoms with Crippen molar-refractivity contribution in [2.75, 3.05) is 6.54 Å². The molecule has 1 atom stereocenters. The summed E-state index contributed by atoms with van der Waals surface area (Å²) in [5.41, 5.74) is 1.49. The Hall–Kier alpha value is -2.21. The number of aromatic nitrogens is 2. The van der Waals surface area contributed by atoms with E-state index >= 15 is 0 Å². The first kappa shape index (κ1) is 9.98. The van der Waals surface area contributed by atoms with E-state index in [1.165, 1.54) is 0 Å². The van der Waals surface area contributed by atoms with Crippen LogP contribution in [0.15, 0.2) is 24.3 Å². The van der Waals surface area contributed by atoms with Crippen LogP contribution in [0.3, 0.4) is 0 Å². The lowest BCUT2D eigenvalue weighted by molar-refractivity contribution is -0.134. The summed E-state index contributed by atoms with van der Waals surface area (Å²) in [5.74, 6) is -0.676. The second kappa shape index (κ2) is 3.67. The highest BCUT2D eigenvalue weighted by Gasteiger charge is 2.30. The third kappa shape index (κ3) is 1.58. The molecule has 3 rings (SSSR count). The lowest BCUT2D eigenvalue weighted by Gasteiger charge is -2.20. The number of carbonyl (C=O) groups excluding carboxylic acids is 2. The van der Waals surface area contributed by atoms with Crippen LogP contribution in [0.4, 0.5) is 0 Å². The minimum absolute atomic E-state index is 0.123. The van der Waals surface area contributed by atoms with E-state index in [0.717, 1.165) is 10.9 Å². The van der Waals surface area contributed by atoms with Crippen molar-refractivity contribution >= 4 is 22.7 Å². The van der Waals surface area contributed by atoms with Crippen molar-refractivity contribution in [1.82, 2.24) is 20.8 Å². The first-order valence-electron chi connectivity index (χ1n) is 5.26. The van der Waals surface area contributed by atoms with Gasteiger partial charge in [0.1, 0.15) is 6.04 Å². The minimum Gasteiger partial charge on any atom is -0.294 e. The molecule has 1 aromatic heterocycles. The molecule has 6 heteroatoms. The van der Waals surface area contributed by atoms with E-state index in [1.54, 1.807) is 0 Å². The highest BCUT2D eigenvalue weighted by molar-refractivity contribution is 6.02. The van der Waals surface area contributed by atoms with E-state index < -0.39 is 6.04 Å². The first-order chi connectivity index (χ1) is 8.25. The molecule has 2 heterocycles. The predicted octanol–water partition coefficient (Wildman–Crippen LogP) is -0.150. The van der Waals surface area contributed by atoms with Crippen molar-refractivity contribution in [2.45, 2.75) is 6.04 Å². The zero-order valence-corrected chi connectivity index (χ0v) is 8.86. The standard InChI is InChI=1S/C11H10N4O2/c16-8-5-12-10(11(17)13-8)9-6-3-1-2-4-7(6)14-15-9/h1-4,10,12H,5H2,(H,14,15)(H,13,16,17). The van der Waals surface area contributed by atoms with Gasteiger partial charge in [0.25, 0.3) is 0 Å². The number of amides is 2. The molecule has 3 N–H and O–H groups in total. The van der Waals surface area contributed by atoms with E-state index in [4.69, 9.17) is 0 Å². The summed E-state index contributed by atoms with van der Waals surface area (Å²) in [4.78, 5) is 22.7. The minimum atomic E-state index is -0.580. The van der Waals surface area contributed by atoms with E-state index in [0.29, 0.717) is 5.69 Å². The summed E-state index contributed by atoms with van der Waals surface area (Å²) in [5, 5.41) is 13.0. The van der Waals surface area contributed by atoms with E-state index in [9.17, 15) is 9.59 Å². The maximum absolute atomic E-state index is 11.7. The van der Waals surface area contributed by atoms with Gasteiger partial charge < -0.3 is 0 Å². The predicted molar refractivity (Wildman–Crippen MR) is 60.0 cm³/mol. The lowest BCUT2D eigenvalue weighted by atomic mass is 10.1. The van der Waals surface area contributed by atoms with Gasteiger partial charge in [0.05, 0.1) is 17.8 Å². The van der Waals surface area contributed by atoms with Crippen LogP contribution in [0.5, 0.6) is 0 Å². The third-order valence-electron chi connectivity index (χ3n) is 2.76. The van der Waals surface area contributed by atoms with Crippen molar-refractivity contribution in [1.29, 1.82) is 0 Å². The molecule has 1 aliphatic rings. The summed E-state index contributed by atoms with van der Waals surface area (Å²) in [7, 11) is 0. The molecule has 1 aromatic carbocycles. The quantitative estimate of drug-likeness (QED) is 0.594. The topological polar surface area (TPSA) is 86.9 Å². The molecule has 0 radical (unpaired) electrons. The number of carbonyl (C=O) groups is 2. The van der Waals surface area contributed by atoms with Crippen LogP contribution < -0.4 is 10.6 Å². The number of rotatable bonds is 1. The van der Waals surface area contributed by atoms with Crippen molar-refractivity contribution in [3.05, 3.63) is 30.0 Å². The number of fused-ring (bicyclic) bond motifs is 1. The summed E-state index contributed by atoms with van der Waals surface area (Å²) >= 11 is 0. The zero-order valence-electron chi connectivity index (χ0n) is 8.86. The van der Waals surface area contributed by atoms with Gasteiger partial charge in [-0.2, -0.15) is 5.10 Å². The summed E-state index contributed by atoms with van der Waals surface area (Å²) in [6.07, 6.45) is 0. The van der Waals surface area contributed by atoms with Gasteiger partial charge in [0, 0.05) is 5.39 Å². The highest BCUT2D eigenvalue weighted by atomic mass is 16.2. The number of benzene rings is 1. The molecule has 1 saturated heterocycles. The van der Waals surface area contributed by atoms with Gasteiger partial charge in [-0.3, -0.25) is 25.3 Å². The Labute approximate surface area is 96.4 Å². The second-order valence-corrected chi connectivity index (χ2v) is 3.88. The van der Waals surface area contributed by atoms with Crippen LogP contribution in [0.2, 0.25) is 0 Å². The van der Waals surface area contributed by atoms with Crippen molar-refractivity contribution in [3.8, 4) is 0 Å². The van der Waals surface area contributed by atoms with Crippen LogP contribution in [-0.4, -0.2) is 28.6 Å². The number of H-pyrrole nitrogens is 1. The SMILES string of the molecule is O=C1CNC(c2n[nH]c3ccccc23)C(=O)N1. The van der Waals surface area contributed by atoms with Crippen molar-refractivity contribution < 1.29 is 9.59 Å². The molecule has 86 valence electrons. The largest absolute Gasteiger partial charge is 0.294 e. The smallest absolute Gasteiger partial charge is 0.250 e. The number of hydrogen-bond donors (Lipinski definition) is 3. The fourth-order valence-corrected chi connectivity index (χ4v) is 1.97. The Morgan fingerprint density at radius 1 is 1.24 bits per heavy atom. The number of para-hydroxylation sites is 1. The van der Waals surface area contributed by atoms with E-state index in [-0.39, 0.29) is 18.4 Å². The van der Waals surface area contributed by atoms with Crippen LogP contribution in [0, 0.1) is 0 Å². The summed E-state index contributed by atoms with van der Waals surface area (Å²) < 4.78 is 0. The Balaban J connectivity index is 2.04. The molecule has 1 unspecified atom stereocenters. The molecule has 0 saturated carbocycles. The van der Waals surface area contributed by atoms with Gasteiger partial charge in [-0.25, -0.2) is 0 Å². The average molecular weight is 230 g/mol. The molecule has 1 fully saturated rings. The molecule has 2 aromatic rings. The molecule has 0 aliphatic carbocycles. The summed E-state index contributed by atoms with van der Waals surface area (Å²) in [6.45, 7) is 0.123. The molecule has 2 amide bonds. The van der Waals surface area contributed by atoms with Gasteiger partial charge in [0.2, 0.25) is 11.8 Å².